The van der Waals surface area contributed by atoms with Crippen LogP contribution in [0.3, 0.4) is 0 Å². The van der Waals surface area contributed by atoms with E-state index in [1.165, 1.54) is 5.56 Å². The van der Waals surface area contributed by atoms with E-state index in [4.69, 9.17) is 4.42 Å². The van der Waals surface area contributed by atoms with Crippen molar-refractivity contribution in [3.8, 4) is 50.8 Å². The van der Waals surface area contributed by atoms with Gasteiger partial charge in [-0.25, -0.2) is 0 Å². The monoisotopic (exact) mass is 782 g/mol. The third-order valence-corrected chi connectivity index (χ3v) is 7.80. The van der Waals surface area contributed by atoms with Gasteiger partial charge < -0.3 is 14.4 Å². The molecule has 3 heterocycles. The van der Waals surface area contributed by atoms with E-state index in [9.17, 15) is 5.26 Å². The van der Waals surface area contributed by atoms with Gasteiger partial charge >= 0.3 is 0 Å². The van der Waals surface area contributed by atoms with Gasteiger partial charge in [-0.05, 0) is 58.8 Å². The second-order valence-electron chi connectivity index (χ2n) is 10.8. The smallest absolute Gasteiger partial charge is 0.130 e. The van der Waals surface area contributed by atoms with E-state index in [1.54, 1.807) is 6.20 Å². The van der Waals surface area contributed by atoms with Crippen molar-refractivity contribution < 1.29 is 24.5 Å². The normalized spacial score (nSPS) is 10.5. The molecule has 0 aliphatic rings. The zero-order chi connectivity index (χ0) is 31.3. The quantitative estimate of drug-likeness (QED) is 0.167. The molecule has 0 saturated carbocycles. The summed E-state index contributed by atoms with van der Waals surface area (Å²) in [7, 11) is 0. The number of nitrogens with zero attached hydrogens (tertiary/aromatic N) is 3. The fourth-order valence-corrected chi connectivity index (χ4v) is 5.55. The van der Waals surface area contributed by atoms with Gasteiger partial charge in [0.05, 0.1) is 17.2 Å². The molecule has 8 aromatic rings. The van der Waals surface area contributed by atoms with E-state index in [1.807, 2.05) is 116 Å². The maximum absolute atomic E-state index is 9.93. The third-order valence-electron chi connectivity index (χ3n) is 7.80. The molecule has 5 aromatic carbocycles. The number of furan rings is 1. The molecule has 47 heavy (non-hydrogen) atoms. The molecule has 0 N–H and O–H groups in total. The van der Waals surface area contributed by atoms with Gasteiger partial charge in [0.1, 0.15) is 5.58 Å². The number of aryl methyl sites for hydroxylation is 1. The van der Waals surface area contributed by atoms with Crippen molar-refractivity contribution in [1.29, 1.82) is 5.26 Å². The summed E-state index contributed by atoms with van der Waals surface area (Å²) in [6.45, 7) is 2.03. The number of aromatic nitrogens is 2. The molecule has 227 valence electrons. The Morgan fingerprint density at radius 2 is 1.43 bits per heavy atom. The van der Waals surface area contributed by atoms with Crippen molar-refractivity contribution in [2.75, 3.05) is 0 Å². The minimum atomic E-state index is 0. The average Bonchev–Trinajstić information content (AvgIpc) is 3.52. The van der Waals surface area contributed by atoms with Crippen LogP contribution in [0, 0.1) is 30.4 Å². The molecule has 0 atom stereocenters. The topological polar surface area (TPSA) is 62.7 Å². The van der Waals surface area contributed by atoms with Gasteiger partial charge in [0, 0.05) is 43.4 Å². The Labute approximate surface area is 287 Å². The van der Waals surface area contributed by atoms with Crippen molar-refractivity contribution in [2.45, 2.75) is 6.92 Å². The predicted octanol–water partition coefficient (Wildman–Crippen LogP) is 10.5. The minimum absolute atomic E-state index is 0. The maximum Gasteiger partial charge on any atom is 0.130 e. The number of nitriles is 1. The molecule has 0 bridgehead atoms. The number of hydrogen-bond acceptors (Lipinski definition) is 4. The van der Waals surface area contributed by atoms with E-state index in [0.29, 0.717) is 11.1 Å². The van der Waals surface area contributed by atoms with E-state index < -0.39 is 0 Å². The van der Waals surface area contributed by atoms with Gasteiger partial charge in [0.2, 0.25) is 0 Å². The van der Waals surface area contributed by atoms with Crippen LogP contribution in [0.5, 0.6) is 0 Å². The molecule has 8 rings (SSSR count). The maximum atomic E-state index is 9.93. The zero-order valence-corrected chi connectivity index (χ0v) is 27.8. The minimum Gasteiger partial charge on any atom is -0.500 e. The molecular formula is C42H27IrN3O-2. The van der Waals surface area contributed by atoms with Crippen LogP contribution in [0.25, 0.3) is 66.7 Å². The first-order chi connectivity index (χ1) is 22.7. The molecule has 1 radical (unpaired) electrons. The van der Waals surface area contributed by atoms with Crippen molar-refractivity contribution in [3.05, 3.63) is 169 Å². The molecule has 3 aromatic heterocycles. The largest absolute Gasteiger partial charge is 0.500 e. The summed E-state index contributed by atoms with van der Waals surface area (Å²) in [6, 6.07) is 52.7. The summed E-state index contributed by atoms with van der Waals surface area (Å²) in [5.74, 6) is 0. The first-order valence-electron chi connectivity index (χ1n) is 15.0. The van der Waals surface area contributed by atoms with Crippen LogP contribution >= 0.6 is 0 Å². The molecule has 4 nitrogen and oxygen atoms in total. The summed E-state index contributed by atoms with van der Waals surface area (Å²) in [6.07, 6.45) is 3.63. The molecule has 0 amide bonds. The fourth-order valence-electron chi connectivity index (χ4n) is 5.55. The van der Waals surface area contributed by atoms with Crippen LogP contribution in [-0.4, -0.2) is 9.97 Å². The first-order valence-corrected chi connectivity index (χ1v) is 15.0. The summed E-state index contributed by atoms with van der Waals surface area (Å²) in [4.78, 5) is 8.80. The Kier molecular flexibility index (Phi) is 9.46. The van der Waals surface area contributed by atoms with E-state index in [2.05, 4.69) is 58.5 Å². The van der Waals surface area contributed by atoms with Crippen molar-refractivity contribution in [1.82, 2.24) is 9.97 Å². The standard InChI is InChI=1S/C30H17N2O.C12H10N.Ir/c31-19-23-15-16-25-24-12-7-13-26(27-14-4-5-17-32-27)29(24)33-30(25)28(23)22-11-6-10-21(18-22)20-8-2-1-3-9-20;1-10-7-8-12(13-9-10)11-5-3-2-4-6-11;/h1-12,14-18H;2-5,7-9H,1H3;/q2*-1;. The molecule has 0 spiro atoms. The molecule has 0 aliphatic carbocycles. The molecule has 0 aliphatic heterocycles. The SMILES string of the molecule is Cc1ccc(-c2[c-]cccc2)nc1.N#Cc1ccc2c(oc3c(-c4ccccn4)[c-]ccc32)c1-c1cccc(-c2ccccc2)c1.[Ir]. The number of fused-ring (bicyclic) bond motifs is 3. The van der Waals surface area contributed by atoms with E-state index in [-0.39, 0.29) is 20.1 Å². The van der Waals surface area contributed by atoms with Gasteiger partial charge in [-0.3, -0.25) is 0 Å². The van der Waals surface area contributed by atoms with Crippen molar-refractivity contribution in [3.63, 3.8) is 0 Å². The number of rotatable bonds is 4. The van der Waals surface area contributed by atoms with Gasteiger partial charge in [-0.15, -0.1) is 54.1 Å². The third kappa shape index (κ3) is 6.52. The molecule has 0 fully saturated rings. The van der Waals surface area contributed by atoms with Crippen molar-refractivity contribution >= 4 is 21.9 Å². The Balaban J connectivity index is 0.000000232. The first kappa shape index (κ1) is 31.3. The summed E-state index contributed by atoms with van der Waals surface area (Å²) < 4.78 is 6.49. The number of benzene rings is 5. The van der Waals surface area contributed by atoms with Crippen LogP contribution in [0.15, 0.2) is 150 Å². The van der Waals surface area contributed by atoms with Crippen LogP contribution < -0.4 is 0 Å². The van der Waals surface area contributed by atoms with Gasteiger partial charge in [-0.2, -0.15) is 5.26 Å². The average molecular weight is 782 g/mol. The van der Waals surface area contributed by atoms with Crippen LogP contribution in [0.1, 0.15) is 11.1 Å². The fraction of sp³-hybridized carbons (Fsp3) is 0.0238. The zero-order valence-electron chi connectivity index (χ0n) is 25.4. The second-order valence-corrected chi connectivity index (χ2v) is 10.8. The molecule has 0 saturated heterocycles. The number of hydrogen-bond donors (Lipinski definition) is 0. The summed E-state index contributed by atoms with van der Waals surface area (Å²) in [5.41, 5.74) is 10.8. The van der Waals surface area contributed by atoms with Crippen LogP contribution in [-0.2, 0) is 20.1 Å². The Bertz CT molecular complexity index is 2310. The predicted molar refractivity (Wildman–Crippen MR) is 185 cm³/mol. The summed E-state index contributed by atoms with van der Waals surface area (Å²) in [5, 5.41) is 11.9. The van der Waals surface area contributed by atoms with Crippen LogP contribution in [0.4, 0.5) is 0 Å². The Morgan fingerprint density at radius 1 is 0.638 bits per heavy atom. The van der Waals surface area contributed by atoms with E-state index >= 15 is 0 Å². The van der Waals surface area contributed by atoms with Gasteiger partial charge in [-0.1, -0.05) is 89.8 Å². The second kappa shape index (κ2) is 14.2. The van der Waals surface area contributed by atoms with Gasteiger partial charge in [0.15, 0.2) is 0 Å². The molecule has 0 unspecified atom stereocenters. The Morgan fingerprint density at radius 3 is 2.17 bits per heavy atom. The Hall–Kier alpha value is -5.66. The van der Waals surface area contributed by atoms with Crippen LogP contribution in [0.2, 0.25) is 0 Å². The van der Waals surface area contributed by atoms with E-state index in [0.717, 1.165) is 61.1 Å². The van der Waals surface area contributed by atoms with Crippen molar-refractivity contribution in [2.24, 2.45) is 0 Å². The molecular weight excluding hydrogens is 755 g/mol. The number of pyridine rings is 2. The summed E-state index contributed by atoms with van der Waals surface area (Å²) >= 11 is 0. The van der Waals surface area contributed by atoms with Gasteiger partial charge in [0.25, 0.3) is 0 Å². The molecule has 5 heteroatoms.